The van der Waals surface area contributed by atoms with Crippen molar-refractivity contribution in [2.24, 2.45) is 11.7 Å². The van der Waals surface area contributed by atoms with Crippen LogP contribution in [-0.2, 0) is 11.3 Å². The Morgan fingerprint density at radius 1 is 1.50 bits per heavy atom. The first-order valence-electron chi connectivity index (χ1n) is 6.07. The summed E-state index contributed by atoms with van der Waals surface area (Å²) in [6, 6.07) is 4.70. The molecule has 0 saturated carbocycles. The van der Waals surface area contributed by atoms with Gasteiger partial charge in [0.2, 0.25) is 5.91 Å². The normalized spacial score (nSPS) is 19.4. The number of nitrogens with two attached hydrogens (primary N) is 1. The fourth-order valence-corrected chi connectivity index (χ4v) is 1.99. The summed E-state index contributed by atoms with van der Waals surface area (Å²) in [4.78, 5) is 11.2. The molecule has 1 aromatic carbocycles. The molecular formula is C13H17FN2O2. The van der Waals surface area contributed by atoms with Crippen molar-refractivity contribution < 1.29 is 13.9 Å². The molecule has 1 aromatic rings. The van der Waals surface area contributed by atoms with Crippen LogP contribution < -0.4 is 15.8 Å². The summed E-state index contributed by atoms with van der Waals surface area (Å²) in [5, 5.41) is 2.75. The molecule has 0 radical (unpaired) electrons. The van der Waals surface area contributed by atoms with Crippen molar-refractivity contribution in [1.82, 2.24) is 5.32 Å². The number of carbonyl (C=O) groups excluding carboxylic acids is 1. The van der Waals surface area contributed by atoms with Crippen molar-refractivity contribution in [3.05, 3.63) is 29.6 Å². The molecule has 1 fully saturated rings. The summed E-state index contributed by atoms with van der Waals surface area (Å²) in [5.41, 5.74) is 6.16. The molecule has 18 heavy (non-hydrogen) atoms. The van der Waals surface area contributed by atoms with Gasteiger partial charge in [0.25, 0.3) is 0 Å². The fourth-order valence-electron chi connectivity index (χ4n) is 1.99. The first-order chi connectivity index (χ1) is 8.69. The first-order valence-corrected chi connectivity index (χ1v) is 6.07. The molecule has 1 atom stereocenters. The SMILES string of the molecule is NCc1ccc(OCC2CCNC(=O)C2)c(F)c1. The van der Waals surface area contributed by atoms with Gasteiger partial charge in [0.1, 0.15) is 0 Å². The number of carbonyl (C=O) groups is 1. The molecule has 3 N–H and O–H groups in total. The van der Waals surface area contributed by atoms with Crippen molar-refractivity contribution in [3.63, 3.8) is 0 Å². The second-order valence-electron chi connectivity index (χ2n) is 4.49. The second-order valence-corrected chi connectivity index (χ2v) is 4.49. The summed E-state index contributed by atoms with van der Waals surface area (Å²) in [5.74, 6) is 0.0116. The van der Waals surface area contributed by atoms with E-state index in [2.05, 4.69) is 5.32 Å². The van der Waals surface area contributed by atoms with E-state index < -0.39 is 5.82 Å². The van der Waals surface area contributed by atoms with Gasteiger partial charge in [-0.15, -0.1) is 0 Å². The highest BCUT2D eigenvalue weighted by Crippen LogP contribution is 2.21. The van der Waals surface area contributed by atoms with Crippen LogP contribution in [0, 0.1) is 11.7 Å². The smallest absolute Gasteiger partial charge is 0.220 e. The van der Waals surface area contributed by atoms with Crippen molar-refractivity contribution in [2.45, 2.75) is 19.4 Å². The van der Waals surface area contributed by atoms with Gasteiger partial charge in [-0.05, 0) is 24.1 Å². The maximum atomic E-state index is 13.6. The van der Waals surface area contributed by atoms with Gasteiger partial charge in [0.05, 0.1) is 6.61 Å². The van der Waals surface area contributed by atoms with E-state index in [-0.39, 0.29) is 17.6 Å². The predicted molar refractivity (Wildman–Crippen MR) is 65.5 cm³/mol. The molecule has 4 nitrogen and oxygen atoms in total. The summed E-state index contributed by atoms with van der Waals surface area (Å²) in [7, 11) is 0. The Labute approximate surface area is 105 Å². The number of halogens is 1. The van der Waals surface area contributed by atoms with E-state index in [4.69, 9.17) is 10.5 Å². The number of nitrogens with one attached hydrogen (secondary N) is 1. The first kappa shape index (κ1) is 12.8. The Morgan fingerprint density at radius 2 is 2.33 bits per heavy atom. The molecule has 1 aliphatic heterocycles. The molecular weight excluding hydrogens is 235 g/mol. The topological polar surface area (TPSA) is 64.3 Å². The van der Waals surface area contributed by atoms with Crippen molar-refractivity contribution in [2.75, 3.05) is 13.2 Å². The Kier molecular flexibility index (Phi) is 4.15. The van der Waals surface area contributed by atoms with E-state index in [0.29, 0.717) is 26.1 Å². The third kappa shape index (κ3) is 3.20. The Morgan fingerprint density at radius 3 is 3.00 bits per heavy atom. The molecule has 0 aliphatic carbocycles. The molecule has 1 unspecified atom stereocenters. The number of benzene rings is 1. The lowest BCUT2D eigenvalue weighted by Crippen LogP contribution is -2.35. The van der Waals surface area contributed by atoms with E-state index in [1.54, 1.807) is 12.1 Å². The second kappa shape index (κ2) is 5.82. The molecule has 0 aromatic heterocycles. The van der Waals surface area contributed by atoms with E-state index in [0.717, 1.165) is 12.0 Å². The number of piperidine rings is 1. The highest BCUT2D eigenvalue weighted by atomic mass is 19.1. The highest BCUT2D eigenvalue weighted by Gasteiger charge is 2.19. The molecule has 98 valence electrons. The molecule has 0 spiro atoms. The monoisotopic (exact) mass is 252 g/mol. The summed E-state index contributed by atoms with van der Waals surface area (Å²) >= 11 is 0. The minimum Gasteiger partial charge on any atom is -0.490 e. The molecule has 2 rings (SSSR count). The van der Waals surface area contributed by atoms with Gasteiger partial charge in [-0.2, -0.15) is 0 Å². The number of ether oxygens (including phenoxy) is 1. The Bertz CT molecular complexity index is 437. The maximum absolute atomic E-state index is 13.6. The lowest BCUT2D eigenvalue weighted by molar-refractivity contribution is -0.123. The van der Waals surface area contributed by atoms with E-state index in [9.17, 15) is 9.18 Å². The van der Waals surface area contributed by atoms with Gasteiger partial charge in [-0.25, -0.2) is 4.39 Å². The fraction of sp³-hybridized carbons (Fsp3) is 0.462. The summed E-state index contributed by atoms with van der Waals surface area (Å²) in [6.45, 7) is 1.34. The third-order valence-corrected chi connectivity index (χ3v) is 3.06. The van der Waals surface area contributed by atoms with Crippen LogP contribution in [0.2, 0.25) is 0 Å². The van der Waals surface area contributed by atoms with Crippen molar-refractivity contribution in [3.8, 4) is 5.75 Å². The number of rotatable bonds is 4. The van der Waals surface area contributed by atoms with Gasteiger partial charge in [-0.1, -0.05) is 6.07 Å². The van der Waals surface area contributed by atoms with Gasteiger partial charge in [0.15, 0.2) is 11.6 Å². The Hall–Kier alpha value is -1.62. The van der Waals surface area contributed by atoms with Crippen LogP contribution in [0.4, 0.5) is 4.39 Å². The molecule has 1 amide bonds. The quantitative estimate of drug-likeness (QED) is 0.846. The molecule has 0 bridgehead atoms. The average Bonchev–Trinajstić information content (AvgIpc) is 2.37. The van der Waals surface area contributed by atoms with E-state index >= 15 is 0 Å². The molecule has 5 heteroatoms. The maximum Gasteiger partial charge on any atom is 0.220 e. The average molecular weight is 252 g/mol. The van der Waals surface area contributed by atoms with Crippen LogP contribution in [0.3, 0.4) is 0 Å². The number of hydrogen-bond donors (Lipinski definition) is 2. The van der Waals surface area contributed by atoms with Crippen LogP contribution >= 0.6 is 0 Å². The zero-order chi connectivity index (χ0) is 13.0. The molecule has 1 heterocycles. The van der Waals surface area contributed by atoms with Gasteiger partial charge in [0, 0.05) is 25.4 Å². The van der Waals surface area contributed by atoms with Crippen LogP contribution in [0.5, 0.6) is 5.75 Å². The third-order valence-electron chi connectivity index (χ3n) is 3.06. The van der Waals surface area contributed by atoms with Crippen LogP contribution in [0.25, 0.3) is 0 Å². The highest BCUT2D eigenvalue weighted by molar-refractivity contribution is 5.76. The van der Waals surface area contributed by atoms with Crippen LogP contribution in [0.1, 0.15) is 18.4 Å². The van der Waals surface area contributed by atoms with Crippen LogP contribution in [-0.4, -0.2) is 19.1 Å². The summed E-state index contributed by atoms with van der Waals surface area (Å²) in [6.07, 6.45) is 1.32. The lowest BCUT2D eigenvalue weighted by atomic mass is 9.99. The number of amides is 1. The van der Waals surface area contributed by atoms with Crippen LogP contribution in [0.15, 0.2) is 18.2 Å². The summed E-state index contributed by atoms with van der Waals surface area (Å²) < 4.78 is 19.0. The van der Waals surface area contributed by atoms with Gasteiger partial charge >= 0.3 is 0 Å². The van der Waals surface area contributed by atoms with E-state index in [1.807, 2.05) is 0 Å². The van der Waals surface area contributed by atoms with E-state index in [1.165, 1.54) is 6.07 Å². The predicted octanol–water partition coefficient (Wildman–Crippen LogP) is 1.19. The standard InChI is InChI=1S/C13H17FN2O2/c14-11-5-9(7-15)1-2-12(11)18-8-10-3-4-16-13(17)6-10/h1-2,5,10H,3-4,6-8,15H2,(H,16,17). The van der Waals surface area contributed by atoms with Gasteiger partial charge in [-0.3, -0.25) is 4.79 Å². The zero-order valence-corrected chi connectivity index (χ0v) is 10.1. The minimum atomic E-state index is -0.404. The largest absolute Gasteiger partial charge is 0.490 e. The zero-order valence-electron chi connectivity index (χ0n) is 10.1. The lowest BCUT2D eigenvalue weighted by Gasteiger charge is -2.22. The molecule has 1 saturated heterocycles. The van der Waals surface area contributed by atoms with Crippen molar-refractivity contribution >= 4 is 5.91 Å². The van der Waals surface area contributed by atoms with Crippen molar-refractivity contribution in [1.29, 1.82) is 0 Å². The van der Waals surface area contributed by atoms with Gasteiger partial charge < -0.3 is 15.8 Å². The molecule has 1 aliphatic rings. The minimum absolute atomic E-state index is 0.0359. The number of hydrogen-bond acceptors (Lipinski definition) is 3. The Balaban J connectivity index is 1.91.